The van der Waals surface area contributed by atoms with Crippen LogP contribution in [0.2, 0.25) is 0 Å². The van der Waals surface area contributed by atoms with E-state index in [9.17, 15) is 9.59 Å². The largest absolute Gasteiger partial charge is 0.465 e. The Morgan fingerprint density at radius 1 is 1.38 bits per heavy atom. The molecule has 6 heteroatoms. The van der Waals surface area contributed by atoms with Crippen LogP contribution in [0.25, 0.3) is 0 Å². The molecule has 16 heavy (non-hydrogen) atoms. The molecule has 0 aliphatic rings. The molecule has 0 rings (SSSR count). The Balaban J connectivity index is 0. The molecule has 0 aromatic carbocycles. The number of amides is 1. The topological polar surface area (TPSA) is 81.4 Å². The molecule has 1 amide bonds. The van der Waals surface area contributed by atoms with E-state index in [1.165, 1.54) is 0 Å². The minimum Gasteiger partial charge on any atom is -0.465 e. The summed E-state index contributed by atoms with van der Waals surface area (Å²) in [6.07, 6.45) is 1.40. The van der Waals surface area contributed by atoms with Crippen LogP contribution < -0.4 is 11.1 Å². The molecule has 0 saturated heterocycles. The molecule has 96 valence electrons. The molecule has 3 N–H and O–H groups in total. The fraction of sp³-hybridized carbons (Fsp3) is 0.800. The van der Waals surface area contributed by atoms with Crippen molar-refractivity contribution in [2.45, 2.75) is 39.2 Å². The molecule has 0 aromatic rings. The van der Waals surface area contributed by atoms with Gasteiger partial charge in [-0.25, -0.2) is 0 Å². The molecule has 0 fully saturated rings. The van der Waals surface area contributed by atoms with Gasteiger partial charge in [0.25, 0.3) is 0 Å². The van der Waals surface area contributed by atoms with E-state index in [2.05, 4.69) is 10.1 Å². The number of hydrogen-bond donors (Lipinski definition) is 2. The number of hydrogen-bond acceptors (Lipinski definition) is 4. The van der Waals surface area contributed by atoms with Crippen LogP contribution in [0.15, 0.2) is 0 Å². The van der Waals surface area contributed by atoms with E-state index in [1.807, 2.05) is 6.92 Å². The van der Waals surface area contributed by atoms with Gasteiger partial charge < -0.3 is 15.8 Å². The Hall–Kier alpha value is -0.810. The fourth-order valence-corrected chi connectivity index (χ4v) is 1.20. The fourth-order valence-electron chi connectivity index (χ4n) is 1.20. The SMILES string of the molecule is CCCC(C)(N)C(=O)NCC(=O)OCC.Cl. The van der Waals surface area contributed by atoms with E-state index in [0.29, 0.717) is 13.0 Å². The summed E-state index contributed by atoms with van der Waals surface area (Å²) >= 11 is 0. The van der Waals surface area contributed by atoms with E-state index in [0.717, 1.165) is 6.42 Å². The van der Waals surface area contributed by atoms with Crippen LogP contribution in [0.4, 0.5) is 0 Å². The lowest BCUT2D eigenvalue weighted by atomic mass is 9.97. The molecule has 0 aliphatic heterocycles. The highest BCUT2D eigenvalue weighted by Crippen LogP contribution is 2.07. The van der Waals surface area contributed by atoms with Crippen molar-refractivity contribution >= 4 is 24.3 Å². The van der Waals surface area contributed by atoms with E-state index >= 15 is 0 Å². The zero-order valence-corrected chi connectivity index (χ0v) is 10.9. The summed E-state index contributed by atoms with van der Waals surface area (Å²) in [6, 6.07) is 0. The normalized spacial score (nSPS) is 13.2. The summed E-state index contributed by atoms with van der Waals surface area (Å²) in [5, 5.41) is 2.45. The van der Waals surface area contributed by atoms with E-state index in [-0.39, 0.29) is 24.9 Å². The van der Waals surface area contributed by atoms with Crippen molar-refractivity contribution in [3.63, 3.8) is 0 Å². The lowest BCUT2D eigenvalue weighted by molar-refractivity contribution is -0.143. The van der Waals surface area contributed by atoms with Gasteiger partial charge in [-0.15, -0.1) is 12.4 Å². The van der Waals surface area contributed by atoms with Crippen molar-refractivity contribution in [3.05, 3.63) is 0 Å². The first-order valence-corrected chi connectivity index (χ1v) is 5.16. The second-order valence-electron chi connectivity index (χ2n) is 3.66. The number of nitrogens with one attached hydrogen (secondary N) is 1. The number of rotatable bonds is 6. The van der Waals surface area contributed by atoms with Gasteiger partial charge in [0.2, 0.25) is 5.91 Å². The first kappa shape index (κ1) is 17.6. The molecule has 5 nitrogen and oxygen atoms in total. The highest BCUT2D eigenvalue weighted by molar-refractivity contribution is 5.88. The molecular weight excluding hydrogens is 232 g/mol. The van der Waals surface area contributed by atoms with E-state index < -0.39 is 11.5 Å². The van der Waals surface area contributed by atoms with Gasteiger partial charge in [-0.05, 0) is 20.3 Å². The highest BCUT2D eigenvalue weighted by atomic mass is 35.5. The summed E-state index contributed by atoms with van der Waals surface area (Å²) in [7, 11) is 0. The molecule has 0 saturated carbocycles. The quantitative estimate of drug-likeness (QED) is 0.679. The summed E-state index contributed by atoms with van der Waals surface area (Å²) < 4.78 is 4.67. The Bertz CT molecular complexity index is 232. The zero-order chi connectivity index (χ0) is 11.9. The van der Waals surface area contributed by atoms with Crippen molar-refractivity contribution in [2.24, 2.45) is 5.73 Å². The van der Waals surface area contributed by atoms with Crippen LogP contribution in [0.3, 0.4) is 0 Å². The first-order valence-electron chi connectivity index (χ1n) is 5.16. The summed E-state index contributed by atoms with van der Waals surface area (Å²) in [6.45, 7) is 5.50. The molecule has 1 unspecified atom stereocenters. The minimum atomic E-state index is -0.915. The minimum absolute atomic E-state index is 0. The van der Waals surface area contributed by atoms with Gasteiger partial charge in [-0.3, -0.25) is 9.59 Å². The van der Waals surface area contributed by atoms with Crippen LogP contribution in [0.5, 0.6) is 0 Å². The lowest BCUT2D eigenvalue weighted by Crippen LogP contribution is -2.52. The summed E-state index contributed by atoms with van der Waals surface area (Å²) in [5.41, 5.74) is 4.85. The smallest absolute Gasteiger partial charge is 0.325 e. The summed E-state index contributed by atoms with van der Waals surface area (Å²) in [4.78, 5) is 22.5. The van der Waals surface area contributed by atoms with Gasteiger partial charge in [0.05, 0.1) is 12.1 Å². The number of ether oxygens (including phenoxy) is 1. The maximum absolute atomic E-state index is 11.5. The number of carbonyl (C=O) groups is 2. The van der Waals surface area contributed by atoms with Crippen molar-refractivity contribution in [3.8, 4) is 0 Å². The lowest BCUT2D eigenvalue weighted by Gasteiger charge is -2.22. The Morgan fingerprint density at radius 2 is 1.94 bits per heavy atom. The number of nitrogens with two attached hydrogens (primary N) is 1. The number of esters is 1. The highest BCUT2D eigenvalue weighted by Gasteiger charge is 2.27. The maximum atomic E-state index is 11.5. The van der Waals surface area contributed by atoms with Crippen LogP contribution in [0, 0.1) is 0 Å². The second-order valence-corrected chi connectivity index (χ2v) is 3.66. The van der Waals surface area contributed by atoms with Gasteiger partial charge in [-0.2, -0.15) is 0 Å². The third-order valence-corrected chi connectivity index (χ3v) is 1.99. The van der Waals surface area contributed by atoms with Gasteiger partial charge in [0.1, 0.15) is 6.54 Å². The monoisotopic (exact) mass is 252 g/mol. The number of carbonyl (C=O) groups excluding carboxylic acids is 2. The second kappa shape index (κ2) is 8.35. The summed E-state index contributed by atoms with van der Waals surface area (Å²) in [5.74, 6) is -0.768. The maximum Gasteiger partial charge on any atom is 0.325 e. The van der Waals surface area contributed by atoms with Crippen LogP contribution >= 0.6 is 12.4 Å². The molecular formula is C10H21ClN2O3. The third kappa shape index (κ3) is 6.63. The van der Waals surface area contributed by atoms with Gasteiger partial charge in [0, 0.05) is 0 Å². The third-order valence-electron chi connectivity index (χ3n) is 1.99. The van der Waals surface area contributed by atoms with Crippen molar-refractivity contribution < 1.29 is 14.3 Å². The molecule has 0 bridgehead atoms. The van der Waals surface area contributed by atoms with Crippen LogP contribution in [0.1, 0.15) is 33.6 Å². The standard InChI is InChI=1S/C10H20N2O3.ClH/c1-4-6-10(3,11)9(14)12-7-8(13)15-5-2;/h4-7,11H2,1-3H3,(H,12,14);1H. The van der Waals surface area contributed by atoms with Crippen molar-refractivity contribution in [2.75, 3.05) is 13.2 Å². The molecule has 0 heterocycles. The van der Waals surface area contributed by atoms with Crippen molar-refractivity contribution in [1.29, 1.82) is 0 Å². The Kier molecular flexibility index (Phi) is 9.18. The molecule has 0 aliphatic carbocycles. The average molecular weight is 253 g/mol. The van der Waals surface area contributed by atoms with Crippen LogP contribution in [-0.2, 0) is 14.3 Å². The number of halogens is 1. The van der Waals surface area contributed by atoms with Gasteiger partial charge in [0.15, 0.2) is 0 Å². The zero-order valence-electron chi connectivity index (χ0n) is 10.0. The van der Waals surface area contributed by atoms with E-state index in [1.54, 1.807) is 13.8 Å². The molecule has 0 spiro atoms. The average Bonchev–Trinajstić information content (AvgIpc) is 2.14. The predicted octanol–water partition coefficient (Wildman–Crippen LogP) is 0.605. The van der Waals surface area contributed by atoms with Crippen molar-refractivity contribution in [1.82, 2.24) is 5.32 Å². The Labute approximate surface area is 103 Å². The molecule has 0 radical (unpaired) electrons. The molecule has 1 atom stereocenters. The Morgan fingerprint density at radius 3 is 2.38 bits per heavy atom. The van der Waals surface area contributed by atoms with Gasteiger partial charge >= 0.3 is 5.97 Å². The molecule has 0 aromatic heterocycles. The van der Waals surface area contributed by atoms with Gasteiger partial charge in [-0.1, -0.05) is 13.3 Å². The first-order chi connectivity index (χ1) is 6.94. The van der Waals surface area contributed by atoms with E-state index in [4.69, 9.17) is 5.73 Å². The predicted molar refractivity (Wildman–Crippen MR) is 64.4 cm³/mol. The van der Waals surface area contributed by atoms with Crippen LogP contribution in [-0.4, -0.2) is 30.6 Å².